The van der Waals surface area contributed by atoms with Crippen LogP contribution in [0.5, 0.6) is 11.5 Å². The van der Waals surface area contributed by atoms with Crippen LogP contribution in [-0.2, 0) is 0 Å². The number of fused-ring (bicyclic) bond motifs is 1. The van der Waals surface area contributed by atoms with Gasteiger partial charge in [-0.15, -0.1) is 0 Å². The van der Waals surface area contributed by atoms with Crippen LogP contribution in [0.1, 0.15) is 45.1 Å². The van der Waals surface area contributed by atoms with Crippen molar-refractivity contribution in [3.05, 3.63) is 42.0 Å². The average Bonchev–Trinajstić information content (AvgIpc) is 3.06. The summed E-state index contributed by atoms with van der Waals surface area (Å²) >= 11 is 0. The molecule has 0 aliphatic rings. The van der Waals surface area contributed by atoms with Crippen LogP contribution in [0.4, 0.5) is 0 Å². The van der Waals surface area contributed by atoms with Gasteiger partial charge in [-0.1, -0.05) is 32.3 Å². The normalized spacial score (nSPS) is 11.0. The van der Waals surface area contributed by atoms with E-state index in [2.05, 4.69) is 31.0 Å². The van der Waals surface area contributed by atoms with E-state index in [-0.39, 0.29) is 0 Å². The summed E-state index contributed by atoms with van der Waals surface area (Å²) in [5.74, 6) is 2.43. The fourth-order valence-electron chi connectivity index (χ4n) is 3.01. The molecule has 0 bridgehead atoms. The number of imidazole rings is 1. The summed E-state index contributed by atoms with van der Waals surface area (Å²) in [5, 5.41) is 0. The average molecular weight is 352 g/mol. The number of rotatable bonds is 9. The molecule has 0 saturated heterocycles. The fourth-order valence-corrected chi connectivity index (χ4v) is 3.01. The quantitative estimate of drug-likeness (QED) is 0.488. The molecule has 0 aliphatic heterocycles. The summed E-state index contributed by atoms with van der Waals surface area (Å²) in [5.41, 5.74) is 4.24. The van der Waals surface area contributed by atoms with Crippen molar-refractivity contribution >= 4 is 11.0 Å². The zero-order valence-corrected chi connectivity index (χ0v) is 16.0. The molecule has 3 rings (SSSR count). The Bertz CT molecular complexity index is 854. The highest BCUT2D eigenvalue weighted by atomic mass is 16.5. The number of aromatic amines is 1. The minimum absolute atomic E-state index is 0.606. The Morgan fingerprint density at radius 1 is 0.923 bits per heavy atom. The van der Waals surface area contributed by atoms with Crippen LogP contribution in [0.15, 0.2) is 36.4 Å². The third kappa shape index (κ3) is 4.37. The first-order valence-electron chi connectivity index (χ1n) is 9.57. The Kier molecular flexibility index (Phi) is 6.16. The molecule has 1 heterocycles. The van der Waals surface area contributed by atoms with Crippen LogP contribution in [0, 0.1) is 6.92 Å². The second-order valence-electron chi connectivity index (χ2n) is 6.61. The predicted molar refractivity (Wildman–Crippen MR) is 107 cm³/mol. The lowest BCUT2D eigenvalue weighted by atomic mass is 10.2. The maximum atomic E-state index is 5.95. The smallest absolute Gasteiger partial charge is 0.161 e. The molecule has 138 valence electrons. The van der Waals surface area contributed by atoms with Gasteiger partial charge in [-0.3, -0.25) is 0 Å². The number of hydrogen-bond donors (Lipinski definition) is 1. The van der Waals surface area contributed by atoms with Crippen molar-refractivity contribution in [2.24, 2.45) is 0 Å². The van der Waals surface area contributed by atoms with Crippen LogP contribution < -0.4 is 9.47 Å². The molecular formula is C22H28N2O2. The van der Waals surface area contributed by atoms with Crippen molar-refractivity contribution in [2.45, 2.75) is 46.5 Å². The molecular weight excluding hydrogens is 324 g/mol. The van der Waals surface area contributed by atoms with Crippen LogP contribution in [0.3, 0.4) is 0 Å². The second-order valence-corrected chi connectivity index (χ2v) is 6.61. The SMILES string of the molecule is CCCCCCOc1ccc(-c2nc3ccc(C)cc3[nH]2)cc1OCC. The van der Waals surface area contributed by atoms with Gasteiger partial charge in [0.2, 0.25) is 0 Å². The Labute approximate surface area is 155 Å². The number of hydrogen-bond acceptors (Lipinski definition) is 3. The fraction of sp³-hybridized carbons (Fsp3) is 0.409. The number of aromatic nitrogens is 2. The topological polar surface area (TPSA) is 47.1 Å². The summed E-state index contributed by atoms with van der Waals surface area (Å²) in [4.78, 5) is 8.10. The summed E-state index contributed by atoms with van der Waals surface area (Å²) in [6.45, 7) is 7.62. The van der Waals surface area contributed by atoms with E-state index in [1.54, 1.807) is 0 Å². The lowest BCUT2D eigenvalue weighted by molar-refractivity contribution is 0.270. The number of H-pyrrole nitrogens is 1. The minimum Gasteiger partial charge on any atom is -0.490 e. The first-order chi connectivity index (χ1) is 12.7. The van der Waals surface area contributed by atoms with Gasteiger partial charge < -0.3 is 14.5 Å². The van der Waals surface area contributed by atoms with E-state index in [4.69, 9.17) is 14.5 Å². The number of ether oxygens (including phenoxy) is 2. The monoisotopic (exact) mass is 352 g/mol. The molecule has 4 heteroatoms. The lowest BCUT2D eigenvalue weighted by Gasteiger charge is -2.13. The summed E-state index contributed by atoms with van der Waals surface area (Å²) in [6, 6.07) is 12.3. The maximum Gasteiger partial charge on any atom is 0.161 e. The van der Waals surface area contributed by atoms with Gasteiger partial charge in [-0.2, -0.15) is 0 Å². The van der Waals surface area contributed by atoms with E-state index < -0.39 is 0 Å². The molecule has 0 radical (unpaired) electrons. The molecule has 3 aromatic rings. The number of unbranched alkanes of at least 4 members (excludes halogenated alkanes) is 3. The molecule has 0 fully saturated rings. The molecule has 2 aromatic carbocycles. The highest BCUT2D eigenvalue weighted by molar-refractivity contribution is 5.80. The third-order valence-electron chi connectivity index (χ3n) is 4.41. The van der Waals surface area contributed by atoms with Gasteiger partial charge in [0.05, 0.1) is 24.2 Å². The zero-order chi connectivity index (χ0) is 18.4. The molecule has 0 amide bonds. The van der Waals surface area contributed by atoms with Gasteiger partial charge in [0.1, 0.15) is 5.82 Å². The van der Waals surface area contributed by atoms with Crippen LogP contribution >= 0.6 is 0 Å². The lowest BCUT2D eigenvalue weighted by Crippen LogP contribution is -2.01. The molecule has 0 aliphatic carbocycles. The van der Waals surface area contributed by atoms with Crippen molar-refractivity contribution in [1.29, 1.82) is 0 Å². The van der Waals surface area contributed by atoms with Crippen LogP contribution in [-0.4, -0.2) is 23.2 Å². The largest absolute Gasteiger partial charge is 0.490 e. The first-order valence-corrected chi connectivity index (χ1v) is 9.57. The van der Waals surface area contributed by atoms with Crippen molar-refractivity contribution < 1.29 is 9.47 Å². The summed E-state index contributed by atoms with van der Waals surface area (Å²) in [7, 11) is 0. The van der Waals surface area contributed by atoms with Crippen LogP contribution in [0.25, 0.3) is 22.4 Å². The van der Waals surface area contributed by atoms with Gasteiger partial charge >= 0.3 is 0 Å². The number of benzene rings is 2. The number of nitrogens with zero attached hydrogens (tertiary/aromatic N) is 1. The number of nitrogens with one attached hydrogen (secondary N) is 1. The summed E-state index contributed by atoms with van der Waals surface area (Å²) < 4.78 is 11.8. The third-order valence-corrected chi connectivity index (χ3v) is 4.41. The van der Waals surface area contributed by atoms with Crippen molar-refractivity contribution in [1.82, 2.24) is 9.97 Å². The zero-order valence-electron chi connectivity index (χ0n) is 16.0. The Morgan fingerprint density at radius 2 is 1.81 bits per heavy atom. The van der Waals surface area contributed by atoms with E-state index in [0.29, 0.717) is 6.61 Å². The Morgan fingerprint density at radius 3 is 2.62 bits per heavy atom. The molecule has 1 aromatic heterocycles. The van der Waals surface area contributed by atoms with Gasteiger partial charge in [0, 0.05) is 5.56 Å². The standard InChI is InChI=1S/C22H28N2O2/c1-4-6-7-8-13-26-20-12-10-17(15-21(20)25-5-2)22-23-18-11-9-16(3)14-19(18)24-22/h9-12,14-15H,4-8,13H2,1-3H3,(H,23,24). The Hall–Kier alpha value is -2.49. The molecule has 0 spiro atoms. The molecule has 0 atom stereocenters. The van der Waals surface area contributed by atoms with Crippen molar-refractivity contribution in [2.75, 3.05) is 13.2 Å². The van der Waals surface area contributed by atoms with E-state index in [0.717, 1.165) is 46.9 Å². The van der Waals surface area contributed by atoms with Gasteiger partial charge in [0.25, 0.3) is 0 Å². The van der Waals surface area contributed by atoms with Gasteiger partial charge in [-0.05, 0) is 56.2 Å². The van der Waals surface area contributed by atoms with Gasteiger partial charge in [-0.25, -0.2) is 4.98 Å². The van der Waals surface area contributed by atoms with Crippen LogP contribution in [0.2, 0.25) is 0 Å². The molecule has 1 N–H and O–H groups in total. The maximum absolute atomic E-state index is 5.95. The highest BCUT2D eigenvalue weighted by Gasteiger charge is 2.11. The van der Waals surface area contributed by atoms with E-state index in [9.17, 15) is 0 Å². The molecule has 4 nitrogen and oxygen atoms in total. The highest BCUT2D eigenvalue weighted by Crippen LogP contribution is 2.33. The van der Waals surface area contributed by atoms with E-state index in [1.165, 1.54) is 24.8 Å². The first kappa shape index (κ1) is 18.3. The molecule has 0 unspecified atom stereocenters. The summed E-state index contributed by atoms with van der Waals surface area (Å²) in [6.07, 6.45) is 4.77. The van der Waals surface area contributed by atoms with E-state index >= 15 is 0 Å². The Balaban J connectivity index is 1.80. The van der Waals surface area contributed by atoms with E-state index in [1.807, 2.05) is 31.2 Å². The molecule has 26 heavy (non-hydrogen) atoms. The minimum atomic E-state index is 0.606. The second kappa shape index (κ2) is 8.75. The van der Waals surface area contributed by atoms with Crippen molar-refractivity contribution in [3.8, 4) is 22.9 Å². The predicted octanol–water partition coefficient (Wildman–Crippen LogP) is 5.90. The molecule has 0 saturated carbocycles. The van der Waals surface area contributed by atoms with Gasteiger partial charge in [0.15, 0.2) is 11.5 Å². The van der Waals surface area contributed by atoms with Crippen molar-refractivity contribution in [3.63, 3.8) is 0 Å². The number of aryl methyl sites for hydroxylation is 1.